The topological polar surface area (TPSA) is 75.0 Å². The van der Waals surface area contributed by atoms with Gasteiger partial charge in [0, 0.05) is 25.7 Å². The largest absolute Gasteiger partial charge is 0.467 e. The first-order valence-corrected chi connectivity index (χ1v) is 10.5. The van der Waals surface area contributed by atoms with Crippen LogP contribution < -0.4 is 5.32 Å². The molecule has 1 fully saturated rings. The molecule has 158 valence electrons. The molecule has 2 rings (SSSR count). The number of unbranched alkanes of at least 4 members (excludes halogenated alkanes) is 1. The second kappa shape index (κ2) is 11.7. The van der Waals surface area contributed by atoms with Gasteiger partial charge in [-0.2, -0.15) is 0 Å². The Labute approximate surface area is 168 Å². The standard InChI is InChI=1S/C21H35N3O4/c1-4-6-11-22-21(26)24(17(3)5-2)16-20(25)23(14-18-9-7-12-27-18)15-19-10-8-13-28-19/h7,9,12,17,19H,4-6,8,10-11,13-16H2,1-3H3,(H,22,26)/t17-,19-/m0/s1. The molecule has 1 aromatic heterocycles. The third-order valence-corrected chi connectivity index (χ3v) is 5.22. The number of hydrogen-bond acceptors (Lipinski definition) is 4. The summed E-state index contributed by atoms with van der Waals surface area (Å²) in [7, 11) is 0. The first-order chi connectivity index (χ1) is 13.5. The molecule has 0 saturated carbocycles. The summed E-state index contributed by atoms with van der Waals surface area (Å²) in [5, 5.41) is 2.93. The lowest BCUT2D eigenvalue weighted by Crippen LogP contribution is -2.51. The first-order valence-electron chi connectivity index (χ1n) is 10.5. The zero-order chi connectivity index (χ0) is 20.4. The van der Waals surface area contributed by atoms with E-state index in [9.17, 15) is 9.59 Å². The molecular weight excluding hydrogens is 358 g/mol. The van der Waals surface area contributed by atoms with Crippen molar-refractivity contribution in [2.45, 2.75) is 71.6 Å². The van der Waals surface area contributed by atoms with Crippen molar-refractivity contribution >= 4 is 11.9 Å². The van der Waals surface area contributed by atoms with Crippen LogP contribution in [0.5, 0.6) is 0 Å². The van der Waals surface area contributed by atoms with Crippen LogP contribution in [0.1, 0.15) is 58.6 Å². The highest BCUT2D eigenvalue weighted by atomic mass is 16.5. The molecule has 0 radical (unpaired) electrons. The van der Waals surface area contributed by atoms with Crippen LogP contribution in [-0.2, 0) is 16.1 Å². The summed E-state index contributed by atoms with van der Waals surface area (Å²) in [6.45, 7) is 8.41. The zero-order valence-corrected chi connectivity index (χ0v) is 17.5. The maximum Gasteiger partial charge on any atom is 0.318 e. The van der Waals surface area contributed by atoms with Gasteiger partial charge in [-0.3, -0.25) is 4.79 Å². The number of carbonyl (C=O) groups is 2. The summed E-state index contributed by atoms with van der Waals surface area (Å²) in [6, 6.07) is 3.49. The maximum atomic E-state index is 13.1. The molecule has 7 nitrogen and oxygen atoms in total. The molecule has 28 heavy (non-hydrogen) atoms. The lowest BCUT2D eigenvalue weighted by Gasteiger charge is -2.32. The molecule has 0 bridgehead atoms. The molecule has 2 atom stereocenters. The number of ether oxygens (including phenoxy) is 1. The predicted molar refractivity (Wildman–Crippen MR) is 108 cm³/mol. The van der Waals surface area contributed by atoms with Crippen molar-refractivity contribution in [3.8, 4) is 0 Å². The van der Waals surface area contributed by atoms with Crippen molar-refractivity contribution in [3.63, 3.8) is 0 Å². The number of urea groups is 1. The van der Waals surface area contributed by atoms with Gasteiger partial charge in [0.15, 0.2) is 0 Å². The Morgan fingerprint density at radius 1 is 1.36 bits per heavy atom. The van der Waals surface area contributed by atoms with Crippen LogP contribution >= 0.6 is 0 Å². The molecule has 0 aliphatic carbocycles. The van der Waals surface area contributed by atoms with Gasteiger partial charge in [0.25, 0.3) is 0 Å². The van der Waals surface area contributed by atoms with Gasteiger partial charge in [0.05, 0.1) is 18.9 Å². The van der Waals surface area contributed by atoms with Crippen molar-refractivity contribution in [1.29, 1.82) is 0 Å². The number of furan rings is 1. The van der Waals surface area contributed by atoms with Gasteiger partial charge in [-0.25, -0.2) is 4.79 Å². The van der Waals surface area contributed by atoms with Crippen molar-refractivity contribution in [2.75, 3.05) is 26.2 Å². The molecule has 1 N–H and O–H groups in total. The normalized spacial score (nSPS) is 17.3. The van der Waals surface area contributed by atoms with Crippen molar-refractivity contribution in [3.05, 3.63) is 24.2 Å². The molecule has 1 aliphatic heterocycles. The highest BCUT2D eigenvalue weighted by molar-refractivity contribution is 5.84. The van der Waals surface area contributed by atoms with Gasteiger partial charge < -0.3 is 24.3 Å². The summed E-state index contributed by atoms with van der Waals surface area (Å²) >= 11 is 0. The van der Waals surface area contributed by atoms with Crippen LogP contribution in [0.4, 0.5) is 4.79 Å². The summed E-state index contributed by atoms with van der Waals surface area (Å²) < 4.78 is 11.2. The summed E-state index contributed by atoms with van der Waals surface area (Å²) in [5.74, 6) is 0.645. The lowest BCUT2D eigenvalue weighted by atomic mass is 10.2. The van der Waals surface area contributed by atoms with Crippen LogP contribution in [0.25, 0.3) is 0 Å². The molecular formula is C21H35N3O4. The number of nitrogens with one attached hydrogen (secondary N) is 1. The molecule has 1 aromatic rings. The monoisotopic (exact) mass is 393 g/mol. The van der Waals surface area contributed by atoms with Crippen molar-refractivity contribution in [1.82, 2.24) is 15.1 Å². The van der Waals surface area contributed by atoms with Crippen LogP contribution in [0.15, 0.2) is 22.8 Å². The van der Waals surface area contributed by atoms with Gasteiger partial charge in [-0.1, -0.05) is 20.3 Å². The summed E-state index contributed by atoms with van der Waals surface area (Å²) in [4.78, 5) is 29.2. The number of rotatable bonds is 11. The minimum Gasteiger partial charge on any atom is -0.467 e. The molecule has 3 amide bonds. The highest BCUT2D eigenvalue weighted by Gasteiger charge is 2.27. The number of nitrogens with zero attached hydrogens (tertiary/aromatic N) is 2. The van der Waals surface area contributed by atoms with E-state index in [1.54, 1.807) is 16.1 Å². The Balaban J connectivity index is 2.04. The van der Waals surface area contributed by atoms with E-state index >= 15 is 0 Å². The lowest BCUT2D eigenvalue weighted by molar-refractivity contribution is -0.134. The molecule has 0 unspecified atom stereocenters. The fraction of sp³-hybridized carbons (Fsp3) is 0.714. The third kappa shape index (κ3) is 6.86. The van der Waals surface area contributed by atoms with Crippen molar-refractivity contribution < 1.29 is 18.7 Å². The van der Waals surface area contributed by atoms with E-state index in [1.165, 1.54) is 0 Å². The molecule has 0 spiro atoms. The van der Waals surface area contributed by atoms with E-state index in [0.717, 1.165) is 44.5 Å². The van der Waals surface area contributed by atoms with E-state index < -0.39 is 0 Å². The second-order valence-corrected chi connectivity index (χ2v) is 7.46. The fourth-order valence-electron chi connectivity index (χ4n) is 3.25. The Morgan fingerprint density at radius 3 is 2.79 bits per heavy atom. The average molecular weight is 394 g/mol. The van der Waals surface area contributed by atoms with Gasteiger partial charge >= 0.3 is 6.03 Å². The van der Waals surface area contributed by atoms with Gasteiger partial charge in [-0.05, 0) is 44.7 Å². The Morgan fingerprint density at radius 2 is 2.18 bits per heavy atom. The SMILES string of the molecule is CCCCNC(=O)N(CC(=O)N(Cc1ccco1)C[C@@H]1CCCO1)[C@@H](C)CC. The molecule has 1 saturated heterocycles. The fourth-order valence-corrected chi connectivity index (χ4v) is 3.25. The summed E-state index contributed by atoms with van der Waals surface area (Å²) in [5.41, 5.74) is 0. The van der Waals surface area contributed by atoms with Crippen molar-refractivity contribution in [2.24, 2.45) is 0 Å². The maximum absolute atomic E-state index is 13.1. The van der Waals surface area contributed by atoms with E-state index in [1.807, 2.05) is 26.0 Å². The smallest absolute Gasteiger partial charge is 0.318 e. The van der Waals surface area contributed by atoms with Gasteiger partial charge in [0.1, 0.15) is 12.3 Å². The Kier molecular flexibility index (Phi) is 9.34. The number of hydrogen-bond donors (Lipinski definition) is 1. The van der Waals surface area contributed by atoms with E-state index in [0.29, 0.717) is 19.6 Å². The average Bonchev–Trinajstić information content (AvgIpc) is 3.39. The van der Waals surface area contributed by atoms with E-state index in [4.69, 9.17) is 9.15 Å². The third-order valence-electron chi connectivity index (χ3n) is 5.22. The molecule has 0 aromatic carbocycles. The first kappa shape index (κ1) is 22.3. The van der Waals surface area contributed by atoms with Crippen LogP contribution in [0.3, 0.4) is 0 Å². The minimum atomic E-state index is -0.175. The predicted octanol–water partition coefficient (Wildman–Crippen LogP) is 3.40. The second-order valence-electron chi connectivity index (χ2n) is 7.46. The quantitative estimate of drug-likeness (QED) is 0.585. The van der Waals surface area contributed by atoms with Crippen LogP contribution in [0, 0.1) is 0 Å². The van der Waals surface area contributed by atoms with E-state index in [-0.39, 0.29) is 30.6 Å². The van der Waals surface area contributed by atoms with Gasteiger partial charge in [-0.15, -0.1) is 0 Å². The highest BCUT2D eigenvalue weighted by Crippen LogP contribution is 2.16. The number of amides is 3. The zero-order valence-electron chi connectivity index (χ0n) is 17.5. The van der Waals surface area contributed by atoms with E-state index in [2.05, 4.69) is 12.2 Å². The molecule has 7 heteroatoms. The number of carbonyl (C=O) groups excluding carboxylic acids is 2. The minimum absolute atomic E-state index is 0.0150. The van der Waals surface area contributed by atoms with Crippen LogP contribution in [0.2, 0.25) is 0 Å². The molecule has 2 heterocycles. The Bertz CT molecular complexity index is 584. The Hall–Kier alpha value is -2.02. The van der Waals surface area contributed by atoms with Gasteiger partial charge in [0.2, 0.25) is 5.91 Å². The molecule has 1 aliphatic rings. The summed E-state index contributed by atoms with van der Waals surface area (Å²) in [6.07, 6.45) is 6.36. The van der Waals surface area contributed by atoms with Crippen LogP contribution in [-0.4, -0.2) is 60.1 Å².